The van der Waals surface area contributed by atoms with Crippen molar-refractivity contribution in [3.05, 3.63) is 11.8 Å². The molecule has 0 aliphatic carbocycles. The van der Waals surface area contributed by atoms with Crippen molar-refractivity contribution >= 4 is 17.7 Å². The molecule has 5 N–H and O–H groups in total. The number of hydrogen-bond donors (Lipinski definition) is 4. The summed E-state index contributed by atoms with van der Waals surface area (Å²) in [6.07, 6.45) is -1.23. The molecule has 1 amide bonds. The molecule has 16 heavy (non-hydrogen) atoms. The number of nitrogens with two attached hydrogens (primary N) is 1. The Morgan fingerprint density at radius 1 is 1.62 bits per heavy atom. The molecule has 0 spiro atoms. The molecule has 0 aromatic carbocycles. The summed E-state index contributed by atoms with van der Waals surface area (Å²) in [7, 11) is 1.71. The Balaban J connectivity index is 2.66. The van der Waals surface area contributed by atoms with E-state index in [1.54, 1.807) is 13.1 Å². The van der Waals surface area contributed by atoms with E-state index in [0.717, 1.165) is 5.69 Å². The molecule has 7 nitrogen and oxygen atoms in total. The van der Waals surface area contributed by atoms with Crippen molar-refractivity contribution in [1.29, 1.82) is 0 Å². The van der Waals surface area contributed by atoms with Crippen LogP contribution >= 0.6 is 0 Å². The van der Waals surface area contributed by atoms with Gasteiger partial charge in [0.15, 0.2) is 0 Å². The lowest BCUT2D eigenvalue weighted by molar-refractivity contribution is -0.125. The highest BCUT2D eigenvalue weighted by Gasteiger charge is 2.10. The predicted molar refractivity (Wildman–Crippen MR) is 60.0 cm³/mol. The van der Waals surface area contributed by atoms with E-state index in [2.05, 4.69) is 20.6 Å². The summed E-state index contributed by atoms with van der Waals surface area (Å²) in [4.78, 5) is 18.8. The number of rotatable bonds is 5. The van der Waals surface area contributed by atoms with Crippen LogP contribution in [0, 0.1) is 6.92 Å². The van der Waals surface area contributed by atoms with Crippen LogP contribution in [0.1, 0.15) is 5.69 Å². The van der Waals surface area contributed by atoms with Gasteiger partial charge in [-0.25, -0.2) is 4.98 Å². The molecule has 0 saturated heterocycles. The Labute approximate surface area is 93.1 Å². The van der Waals surface area contributed by atoms with Gasteiger partial charge in [-0.1, -0.05) is 0 Å². The number of hydrogen-bond acceptors (Lipinski definition) is 6. The molecular formula is C9H15N5O2. The topological polar surface area (TPSA) is 113 Å². The molecule has 0 aliphatic heterocycles. The number of anilines is 2. The van der Waals surface area contributed by atoms with Gasteiger partial charge in [-0.2, -0.15) is 4.98 Å². The smallest absolute Gasteiger partial charge is 0.248 e. The molecule has 1 heterocycles. The first-order valence-corrected chi connectivity index (χ1v) is 4.77. The number of nitrogens with zero attached hydrogens (tertiary/aromatic N) is 2. The van der Waals surface area contributed by atoms with E-state index in [1.165, 1.54) is 0 Å². The first-order chi connectivity index (χ1) is 7.52. The first kappa shape index (κ1) is 12.2. The van der Waals surface area contributed by atoms with Crippen LogP contribution in [0.3, 0.4) is 0 Å². The highest BCUT2D eigenvalue weighted by Crippen LogP contribution is 2.08. The third kappa shape index (κ3) is 3.35. The minimum atomic E-state index is -1.23. The number of aliphatic hydroxyl groups excluding tert-OH is 1. The second-order valence-electron chi connectivity index (χ2n) is 3.27. The molecule has 1 rings (SSSR count). The largest absolute Gasteiger partial charge is 0.381 e. The van der Waals surface area contributed by atoms with Crippen LogP contribution in [0.4, 0.5) is 11.8 Å². The summed E-state index contributed by atoms with van der Waals surface area (Å²) >= 11 is 0. The Kier molecular flexibility index (Phi) is 4.01. The summed E-state index contributed by atoms with van der Waals surface area (Å²) in [6, 6.07) is 1.70. The Morgan fingerprint density at radius 3 is 2.88 bits per heavy atom. The molecule has 0 radical (unpaired) electrons. The Bertz CT molecular complexity index is 382. The lowest BCUT2D eigenvalue weighted by Gasteiger charge is -2.10. The van der Waals surface area contributed by atoms with E-state index in [4.69, 9.17) is 5.73 Å². The van der Waals surface area contributed by atoms with Crippen molar-refractivity contribution in [2.75, 3.05) is 24.2 Å². The lowest BCUT2D eigenvalue weighted by atomic mass is 10.3. The molecule has 0 fully saturated rings. The molecule has 7 heteroatoms. The van der Waals surface area contributed by atoms with E-state index in [1.807, 2.05) is 6.92 Å². The van der Waals surface area contributed by atoms with Gasteiger partial charge in [0.25, 0.3) is 0 Å². The van der Waals surface area contributed by atoms with Crippen LogP contribution in [0.15, 0.2) is 6.07 Å². The van der Waals surface area contributed by atoms with Crippen molar-refractivity contribution in [3.63, 3.8) is 0 Å². The zero-order valence-electron chi connectivity index (χ0n) is 9.19. The zero-order valence-corrected chi connectivity index (χ0v) is 9.19. The highest BCUT2D eigenvalue weighted by molar-refractivity contribution is 5.79. The number of aromatic nitrogens is 2. The van der Waals surface area contributed by atoms with E-state index < -0.39 is 12.0 Å². The number of carbonyl (C=O) groups excluding carboxylic acids is 1. The van der Waals surface area contributed by atoms with E-state index in [0.29, 0.717) is 11.8 Å². The summed E-state index contributed by atoms with van der Waals surface area (Å²) in [5.74, 6) is 0.223. The number of aryl methyl sites for hydroxylation is 1. The number of amides is 1. The Hall–Kier alpha value is -1.89. The minimum absolute atomic E-state index is 0.0228. The molecular weight excluding hydrogens is 210 g/mol. The monoisotopic (exact) mass is 225 g/mol. The molecule has 1 aromatic rings. The maximum Gasteiger partial charge on any atom is 0.248 e. The fourth-order valence-electron chi connectivity index (χ4n) is 1.07. The third-order valence-electron chi connectivity index (χ3n) is 1.88. The van der Waals surface area contributed by atoms with E-state index in [9.17, 15) is 9.90 Å². The second kappa shape index (κ2) is 5.26. The van der Waals surface area contributed by atoms with Gasteiger partial charge in [-0.05, 0) is 6.92 Å². The van der Waals surface area contributed by atoms with Crippen LogP contribution in [0.2, 0.25) is 0 Å². The van der Waals surface area contributed by atoms with Gasteiger partial charge in [0.2, 0.25) is 11.9 Å². The summed E-state index contributed by atoms with van der Waals surface area (Å²) < 4.78 is 0. The standard InChI is InChI=1S/C9H15N5O2/c1-5-3-7(14-9(11-2)13-5)12-4-6(15)8(10)16/h3,6,15H,4H2,1-2H3,(H2,10,16)(H2,11,12,13,14). The van der Waals surface area contributed by atoms with Gasteiger partial charge in [-0.15, -0.1) is 0 Å². The number of aliphatic hydroxyl groups is 1. The van der Waals surface area contributed by atoms with Crippen molar-refractivity contribution in [2.24, 2.45) is 5.73 Å². The van der Waals surface area contributed by atoms with Gasteiger partial charge in [0.1, 0.15) is 11.9 Å². The van der Waals surface area contributed by atoms with Gasteiger partial charge in [0, 0.05) is 18.8 Å². The van der Waals surface area contributed by atoms with Crippen molar-refractivity contribution in [2.45, 2.75) is 13.0 Å². The predicted octanol–water partition coefficient (Wildman–Crippen LogP) is -0.915. The quantitative estimate of drug-likeness (QED) is 0.515. The zero-order chi connectivity index (χ0) is 12.1. The van der Waals surface area contributed by atoms with Gasteiger partial charge in [0.05, 0.1) is 6.54 Å². The normalized spacial score (nSPS) is 11.9. The summed E-state index contributed by atoms with van der Waals surface area (Å²) in [5, 5.41) is 14.8. The fourth-order valence-corrected chi connectivity index (χ4v) is 1.07. The lowest BCUT2D eigenvalue weighted by Crippen LogP contribution is -2.34. The highest BCUT2D eigenvalue weighted by atomic mass is 16.3. The molecule has 0 saturated carbocycles. The average molecular weight is 225 g/mol. The maximum absolute atomic E-state index is 10.6. The van der Waals surface area contributed by atoms with Gasteiger partial charge in [-0.3, -0.25) is 4.79 Å². The number of primary amides is 1. The second-order valence-corrected chi connectivity index (χ2v) is 3.27. The van der Waals surface area contributed by atoms with Crippen LogP contribution < -0.4 is 16.4 Å². The van der Waals surface area contributed by atoms with Crippen molar-refractivity contribution in [3.8, 4) is 0 Å². The fraction of sp³-hybridized carbons (Fsp3) is 0.444. The maximum atomic E-state index is 10.6. The first-order valence-electron chi connectivity index (χ1n) is 4.77. The van der Waals surface area contributed by atoms with Gasteiger partial charge >= 0.3 is 0 Å². The molecule has 1 unspecified atom stereocenters. The summed E-state index contributed by atoms with van der Waals surface area (Å²) in [6.45, 7) is 1.84. The van der Waals surface area contributed by atoms with Crippen LogP contribution in [-0.2, 0) is 4.79 Å². The number of carbonyl (C=O) groups is 1. The molecule has 88 valence electrons. The average Bonchev–Trinajstić information content (AvgIpc) is 2.24. The third-order valence-corrected chi connectivity index (χ3v) is 1.88. The molecule has 1 atom stereocenters. The molecule has 0 aliphatic rings. The minimum Gasteiger partial charge on any atom is -0.381 e. The van der Waals surface area contributed by atoms with E-state index in [-0.39, 0.29) is 6.54 Å². The van der Waals surface area contributed by atoms with Crippen LogP contribution in [0.5, 0.6) is 0 Å². The Morgan fingerprint density at radius 2 is 2.31 bits per heavy atom. The molecule has 1 aromatic heterocycles. The van der Waals surface area contributed by atoms with Crippen LogP contribution in [-0.4, -0.2) is 40.7 Å². The van der Waals surface area contributed by atoms with Crippen LogP contribution in [0.25, 0.3) is 0 Å². The SMILES string of the molecule is CNc1nc(C)cc(NCC(O)C(N)=O)n1. The van der Waals surface area contributed by atoms with Gasteiger partial charge < -0.3 is 21.5 Å². The molecule has 0 bridgehead atoms. The van der Waals surface area contributed by atoms with E-state index >= 15 is 0 Å². The van der Waals surface area contributed by atoms with Crippen molar-refractivity contribution < 1.29 is 9.90 Å². The van der Waals surface area contributed by atoms with Crippen molar-refractivity contribution in [1.82, 2.24) is 9.97 Å². The summed E-state index contributed by atoms with van der Waals surface area (Å²) in [5.41, 5.74) is 5.69. The number of nitrogens with one attached hydrogen (secondary N) is 2.